The predicted octanol–water partition coefficient (Wildman–Crippen LogP) is 15.0. The molecule has 0 saturated carbocycles. The first-order valence-electron chi connectivity index (χ1n) is 19.1. The van der Waals surface area contributed by atoms with Crippen molar-refractivity contribution in [3.05, 3.63) is 199 Å². The van der Waals surface area contributed by atoms with E-state index in [-0.39, 0.29) is 5.41 Å². The van der Waals surface area contributed by atoms with Gasteiger partial charge in [-0.25, -0.2) is 0 Å². The van der Waals surface area contributed by atoms with Crippen LogP contribution >= 0.6 is 0 Å². The highest BCUT2D eigenvalue weighted by Crippen LogP contribution is 2.51. The molecule has 0 aliphatic heterocycles. The van der Waals surface area contributed by atoms with Crippen molar-refractivity contribution in [1.82, 2.24) is 0 Å². The highest BCUT2D eigenvalue weighted by molar-refractivity contribution is 6.12. The molecule has 1 aliphatic carbocycles. The molecule has 1 aromatic heterocycles. The third-order valence-electron chi connectivity index (χ3n) is 11.8. The average Bonchev–Trinajstić information content (AvgIpc) is 3.71. The molecule has 9 aromatic carbocycles. The fraction of sp³-hybridized carbons (Fsp3) is 0.0566. The van der Waals surface area contributed by atoms with E-state index in [2.05, 4.69) is 195 Å². The van der Waals surface area contributed by atoms with Gasteiger partial charge in [0.05, 0.1) is 0 Å². The molecule has 11 rings (SSSR count). The molecule has 1 aliphatic rings. The lowest BCUT2D eigenvalue weighted by molar-refractivity contribution is 0.660. The van der Waals surface area contributed by atoms with Gasteiger partial charge in [0.25, 0.3) is 0 Å². The molecule has 2 heteroatoms. The van der Waals surface area contributed by atoms with Crippen LogP contribution in [-0.2, 0) is 5.41 Å². The van der Waals surface area contributed by atoms with Crippen LogP contribution in [0, 0.1) is 0 Å². The smallest absolute Gasteiger partial charge is 0.136 e. The van der Waals surface area contributed by atoms with E-state index in [0.29, 0.717) is 0 Å². The Morgan fingerprint density at radius 2 is 1.04 bits per heavy atom. The van der Waals surface area contributed by atoms with Crippen LogP contribution in [0.4, 0.5) is 17.1 Å². The van der Waals surface area contributed by atoms with Crippen molar-refractivity contribution < 1.29 is 4.42 Å². The minimum Gasteiger partial charge on any atom is -0.456 e. The molecule has 0 fully saturated rings. The van der Waals surface area contributed by atoms with Crippen molar-refractivity contribution in [1.29, 1.82) is 0 Å². The lowest BCUT2D eigenvalue weighted by Gasteiger charge is -2.28. The molecule has 0 amide bonds. The van der Waals surface area contributed by atoms with Crippen LogP contribution in [0.25, 0.3) is 76.9 Å². The molecule has 0 atom stereocenters. The normalized spacial score (nSPS) is 13.1. The molecule has 0 radical (unpaired) electrons. The lowest BCUT2D eigenvalue weighted by Crippen LogP contribution is -2.16. The summed E-state index contributed by atoms with van der Waals surface area (Å²) >= 11 is 0. The Morgan fingerprint density at radius 3 is 1.95 bits per heavy atom. The molecule has 55 heavy (non-hydrogen) atoms. The van der Waals surface area contributed by atoms with Gasteiger partial charge in [-0.1, -0.05) is 141 Å². The second-order valence-electron chi connectivity index (χ2n) is 15.4. The summed E-state index contributed by atoms with van der Waals surface area (Å²) in [6.07, 6.45) is 0. The number of furan rings is 1. The maximum absolute atomic E-state index is 6.32. The van der Waals surface area contributed by atoms with Crippen molar-refractivity contribution in [2.75, 3.05) is 4.90 Å². The minimum atomic E-state index is -0.107. The van der Waals surface area contributed by atoms with Crippen LogP contribution in [-0.4, -0.2) is 0 Å². The number of hydrogen-bond acceptors (Lipinski definition) is 2. The van der Waals surface area contributed by atoms with Gasteiger partial charge in [-0.3, -0.25) is 0 Å². The minimum absolute atomic E-state index is 0.107. The summed E-state index contributed by atoms with van der Waals surface area (Å²) in [6, 6.07) is 68.6. The SMILES string of the molecule is CC1(C)c2ccccc2-c2ccc(N(c3ccc(-c4cccc5cc6c(cc45)oc4ccccc46)cc3)c3cccc(-c4ccc5ccccc5c4)c3)cc21. The number of fused-ring (bicyclic) bond motifs is 8. The predicted molar refractivity (Wildman–Crippen MR) is 232 cm³/mol. The van der Waals surface area contributed by atoms with Crippen molar-refractivity contribution in [2.45, 2.75) is 19.3 Å². The van der Waals surface area contributed by atoms with E-state index >= 15 is 0 Å². The zero-order valence-electron chi connectivity index (χ0n) is 30.8. The largest absolute Gasteiger partial charge is 0.456 e. The Morgan fingerprint density at radius 1 is 0.364 bits per heavy atom. The van der Waals surface area contributed by atoms with Gasteiger partial charge >= 0.3 is 0 Å². The summed E-state index contributed by atoms with van der Waals surface area (Å²) in [5, 5.41) is 7.18. The Labute approximate surface area is 320 Å². The Hall–Kier alpha value is -6.90. The first kappa shape index (κ1) is 31.6. The van der Waals surface area contributed by atoms with E-state index in [4.69, 9.17) is 4.42 Å². The standard InChI is InChI=1S/C53H37NO/c1-53(2)49-19-7-5-16-44(49)45-28-27-42(32-50(45)53)54(41-15-9-13-37(30-41)38-22-21-34-11-3-4-12-36(34)29-38)40-25-23-35(24-26-40)43-18-10-14-39-31-48-46-17-6-8-20-51(46)55-52(48)33-47(39)43/h3-33H,1-2H3. The first-order chi connectivity index (χ1) is 27.0. The lowest BCUT2D eigenvalue weighted by atomic mass is 9.82. The van der Waals surface area contributed by atoms with Gasteiger partial charge in [-0.05, 0) is 127 Å². The number of benzene rings is 9. The van der Waals surface area contributed by atoms with E-state index in [9.17, 15) is 0 Å². The third-order valence-corrected chi connectivity index (χ3v) is 11.8. The fourth-order valence-electron chi connectivity index (χ4n) is 9.01. The van der Waals surface area contributed by atoms with Crippen molar-refractivity contribution >= 4 is 60.5 Å². The molecule has 2 nitrogen and oxygen atoms in total. The van der Waals surface area contributed by atoms with Crippen LogP contribution in [0.15, 0.2) is 192 Å². The number of para-hydroxylation sites is 1. The number of rotatable bonds is 5. The second-order valence-corrected chi connectivity index (χ2v) is 15.4. The van der Waals surface area contributed by atoms with E-state index in [0.717, 1.165) is 39.0 Å². The quantitative estimate of drug-likeness (QED) is 0.177. The average molecular weight is 704 g/mol. The number of anilines is 3. The second kappa shape index (κ2) is 12.1. The van der Waals surface area contributed by atoms with E-state index in [1.807, 2.05) is 12.1 Å². The molecule has 0 bridgehead atoms. The Bertz CT molecular complexity index is 3130. The van der Waals surface area contributed by atoms with Gasteiger partial charge in [-0.2, -0.15) is 0 Å². The molecule has 1 heterocycles. The van der Waals surface area contributed by atoms with E-state index in [1.54, 1.807) is 0 Å². The van der Waals surface area contributed by atoms with Crippen molar-refractivity contribution in [3.63, 3.8) is 0 Å². The maximum Gasteiger partial charge on any atom is 0.136 e. The van der Waals surface area contributed by atoms with Crippen molar-refractivity contribution in [3.8, 4) is 33.4 Å². The molecule has 260 valence electrons. The van der Waals surface area contributed by atoms with Gasteiger partial charge in [0, 0.05) is 33.2 Å². The van der Waals surface area contributed by atoms with Crippen LogP contribution in [0.3, 0.4) is 0 Å². The zero-order chi connectivity index (χ0) is 36.7. The van der Waals surface area contributed by atoms with E-state index in [1.165, 1.54) is 66.1 Å². The third kappa shape index (κ3) is 5.02. The van der Waals surface area contributed by atoms with Gasteiger partial charge in [-0.15, -0.1) is 0 Å². The molecular formula is C53H37NO. The maximum atomic E-state index is 6.32. The summed E-state index contributed by atoms with van der Waals surface area (Å²) in [5.74, 6) is 0. The molecule has 10 aromatic rings. The van der Waals surface area contributed by atoms with Gasteiger partial charge < -0.3 is 9.32 Å². The molecule has 0 N–H and O–H groups in total. The zero-order valence-corrected chi connectivity index (χ0v) is 30.8. The first-order valence-corrected chi connectivity index (χ1v) is 19.1. The summed E-state index contributed by atoms with van der Waals surface area (Å²) in [5.41, 5.74) is 15.2. The molecule has 0 saturated heterocycles. The summed E-state index contributed by atoms with van der Waals surface area (Å²) in [4.78, 5) is 2.41. The molecule has 0 unspecified atom stereocenters. The van der Waals surface area contributed by atoms with Crippen molar-refractivity contribution in [2.24, 2.45) is 0 Å². The highest BCUT2D eigenvalue weighted by atomic mass is 16.3. The fourth-order valence-corrected chi connectivity index (χ4v) is 9.01. The topological polar surface area (TPSA) is 16.4 Å². The Kier molecular flexibility index (Phi) is 6.93. The Balaban J connectivity index is 1.05. The van der Waals surface area contributed by atoms with E-state index < -0.39 is 0 Å². The summed E-state index contributed by atoms with van der Waals surface area (Å²) < 4.78 is 6.32. The van der Waals surface area contributed by atoms with Crippen LogP contribution in [0.1, 0.15) is 25.0 Å². The van der Waals surface area contributed by atoms with Gasteiger partial charge in [0.15, 0.2) is 0 Å². The van der Waals surface area contributed by atoms with Gasteiger partial charge in [0.2, 0.25) is 0 Å². The van der Waals surface area contributed by atoms with Crippen LogP contribution in [0.5, 0.6) is 0 Å². The summed E-state index contributed by atoms with van der Waals surface area (Å²) in [6.45, 7) is 4.70. The monoisotopic (exact) mass is 703 g/mol. The number of hydrogen-bond donors (Lipinski definition) is 0. The molecule has 0 spiro atoms. The summed E-state index contributed by atoms with van der Waals surface area (Å²) in [7, 11) is 0. The van der Waals surface area contributed by atoms with Crippen LogP contribution in [0.2, 0.25) is 0 Å². The highest BCUT2D eigenvalue weighted by Gasteiger charge is 2.35. The molecular weight excluding hydrogens is 667 g/mol. The van der Waals surface area contributed by atoms with Gasteiger partial charge in [0.1, 0.15) is 11.2 Å². The number of nitrogens with zero attached hydrogens (tertiary/aromatic N) is 1. The van der Waals surface area contributed by atoms with Crippen LogP contribution < -0.4 is 4.90 Å².